The van der Waals surface area contributed by atoms with Gasteiger partial charge in [-0.1, -0.05) is 0 Å². The van der Waals surface area contributed by atoms with Crippen LogP contribution in [0.5, 0.6) is 0 Å². The molecule has 1 heterocycles. The van der Waals surface area contributed by atoms with E-state index >= 15 is 0 Å². The summed E-state index contributed by atoms with van der Waals surface area (Å²) in [6.07, 6.45) is -7.55. The molecule has 0 spiro atoms. The number of hydrogen-bond acceptors (Lipinski definition) is 8. The summed E-state index contributed by atoms with van der Waals surface area (Å²) < 4.78 is 5.12. The molecule has 9 nitrogen and oxygen atoms in total. The van der Waals surface area contributed by atoms with E-state index in [-0.39, 0.29) is 0 Å². The minimum Gasteiger partial charge on any atom is -0.394 e. The SMILES string of the molecule is CC(=O)N[C@H]1C(C(=O)C(O)CO)O[C@H](CO)[C@@H](O)[C@@H]1O. The van der Waals surface area contributed by atoms with Crippen molar-refractivity contribution in [1.29, 1.82) is 0 Å². The van der Waals surface area contributed by atoms with E-state index in [1.54, 1.807) is 0 Å². The fourth-order valence-electron chi connectivity index (χ4n) is 2.04. The molecule has 0 aliphatic carbocycles. The average Bonchev–Trinajstić information content (AvgIpc) is 2.42. The highest BCUT2D eigenvalue weighted by atomic mass is 16.5. The molecule has 1 saturated heterocycles. The van der Waals surface area contributed by atoms with Crippen LogP contribution in [0.15, 0.2) is 0 Å². The molecule has 6 atom stereocenters. The molecule has 1 aliphatic heterocycles. The van der Waals surface area contributed by atoms with E-state index < -0.39 is 61.5 Å². The number of rotatable bonds is 5. The number of Topliss-reactive ketones (excluding diaryl/α,β-unsaturated/α-hetero) is 1. The topological polar surface area (TPSA) is 157 Å². The molecule has 9 heteroatoms. The van der Waals surface area contributed by atoms with E-state index in [1.165, 1.54) is 0 Å². The van der Waals surface area contributed by atoms with Gasteiger partial charge in [-0.25, -0.2) is 0 Å². The maximum absolute atomic E-state index is 11.9. The predicted octanol–water partition coefficient (Wildman–Crippen LogP) is -4.11. The highest BCUT2D eigenvalue weighted by Gasteiger charge is 2.48. The summed E-state index contributed by atoms with van der Waals surface area (Å²) in [7, 11) is 0. The second-order valence-corrected chi connectivity index (χ2v) is 4.59. The number of carbonyl (C=O) groups excluding carboxylic acids is 2. The molecule has 116 valence electrons. The summed E-state index contributed by atoms with van der Waals surface area (Å²) in [5.74, 6) is -1.54. The Morgan fingerprint density at radius 2 is 1.85 bits per heavy atom. The molecular formula is C11H19NO8. The van der Waals surface area contributed by atoms with Gasteiger partial charge in [-0.2, -0.15) is 0 Å². The normalized spacial score (nSPS) is 35.4. The summed E-state index contributed by atoms with van der Waals surface area (Å²) >= 11 is 0. The van der Waals surface area contributed by atoms with Crippen LogP contribution in [0, 0.1) is 0 Å². The van der Waals surface area contributed by atoms with Crippen molar-refractivity contribution in [3.63, 3.8) is 0 Å². The number of carbonyl (C=O) groups is 2. The van der Waals surface area contributed by atoms with Gasteiger partial charge >= 0.3 is 0 Å². The zero-order valence-electron chi connectivity index (χ0n) is 10.8. The van der Waals surface area contributed by atoms with Gasteiger partial charge in [0.2, 0.25) is 5.91 Å². The number of amides is 1. The molecule has 20 heavy (non-hydrogen) atoms. The molecule has 0 bridgehead atoms. The lowest BCUT2D eigenvalue weighted by Gasteiger charge is -2.42. The van der Waals surface area contributed by atoms with Crippen molar-refractivity contribution >= 4 is 11.7 Å². The summed E-state index contributed by atoms with van der Waals surface area (Å²) in [5, 5.41) is 49.0. The van der Waals surface area contributed by atoms with E-state index in [4.69, 9.17) is 14.9 Å². The molecule has 1 rings (SSSR count). The Labute approximate surface area is 114 Å². The third kappa shape index (κ3) is 3.51. The van der Waals surface area contributed by atoms with Crippen molar-refractivity contribution in [3.8, 4) is 0 Å². The van der Waals surface area contributed by atoms with Crippen molar-refractivity contribution in [3.05, 3.63) is 0 Å². The van der Waals surface area contributed by atoms with Crippen LogP contribution in [0.2, 0.25) is 0 Å². The smallest absolute Gasteiger partial charge is 0.217 e. The van der Waals surface area contributed by atoms with Crippen LogP contribution in [-0.4, -0.2) is 87.0 Å². The fraction of sp³-hybridized carbons (Fsp3) is 0.818. The lowest BCUT2D eigenvalue weighted by atomic mass is 9.89. The van der Waals surface area contributed by atoms with Crippen LogP contribution in [0.1, 0.15) is 6.92 Å². The van der Waals surface area contributed by atoms with Crippen molar-refractivity contribution in [2.45, 2.75) is 43.5 Å². The molecule has 1 aliphatic rings. The van der Waals surface area contributed by atoms with E-state index in [0.29, 0.717) is 0 Å². The Morgan fingerprint density at radius 1 is 1.25 bits per heavy atom. The van der Waals surface area contributed by atoms with Crippen LogP contribution >= 0.6 is 0 Å². The quantitative estimate of drug-likeness (QED) is 0.298. The van der Waals surface area contributed by atoms with Gasteiger partial charge in [-0.05, 0) is 0 Å². The molecule has 6 N–H and O–H groups in total. The maximum atomic E-state index is 11.9. The van der Waals surface area contributed by atoms with Gasteiger partial charge in [0.05, 0.1) is 19.3 Å². The average molecular weight is 293 g/mol. The second-order valence-electron chi connectivity index (χ2n) is 4.59. The number of aliphatic hydroxyl groups is 5. The van der Waals surface area contributed by atoms with Gasteiger partial charge in [-0.3, -0.25) is 9.59 Å². The first-order valence-electron chi connectivity index (χ1n) is 6.05. The Morgan fingerprint density at radius 3 is 2.30 bits per heavy atom. The van der Waals surface area contributed by atoms with E-state index in [1.807, 2.05) is 0 Å². The Balaban J connectivity index is 3.00. The first-order chi connectivity index (χ1) is 9.33. The summed E-state index contributed by atoms with van der Waals surface area (Å²) in [4.78, 5) is 23.0. The Bertz CT molecular complexity index is 362. The third-order valence-corrected chi connectivity index (χ3v) is 3.08. The van der Waals surface area contributed by atoms with Crippen LogP contribution in [0.25, 0.3) is 0 Å². The van der Waals surface area contributed by atoms with Crippen molar-refractivity contribution in [1.82, 2.24) is 5.32 Å². The predicted molar refractivity (Wildman–Crippen MR) is 63.5 cm³/mol. The van der Waals surface area contributed by atoms with E-state index in [9.17, 15) is 24.9 Å². The standard InChI is InChI=1S/C11H19NO8/c1-4(15)12-7-10(19)9(18)6(3-14)20-11(7)8(17)5(16)2-13/h5-7,9-11,13-14,16,18-19H,2-3H2,1H3,(H,12,15)/t5?,6-,7-,9-,10-,11?/m1/s1. The highest BCUT2D eigenvalue weighted by molar-refractivity contribution is 5.89. The minimum absolute atomic E-state index is 0.580. The van der Waals surface area contributed by atoms with Crippen molar-refractivity contribution in [2.75, 3.05) is 13.2 Å². The number of aliphatic hydroxyl groups excluding tert-OH is 5. The van der Waals surface area contributed by atoms with E-state index in [0.717, 1.165) is 6.92 Å². The van der Waals surface area contributed by atoms with Crippen molar-refractivity contribution in [2.24, 2.45) is 0 Å². The largest absolute Gasteiger partial charge is 0.394 e. The van der Waals surface area contributed by atoms with Gasteiger partial charge in [0.15, 0.2) is 5.78 Å². The van der Waals surface area contributed by atoms with Crippen LogP contribution < -0.4 is 5.32 Å². The van der Waals surface area contributed by atoms with E-state index in [2.05, 4.69) is 5.32 Å². The lowest BCUT2D eigenvalue weighted by molar-refractivity contribution is -0.201. The molecule has 2 unspecified atom stereocenters. The summed E-state index contributed by atoms with van der Waals surface area (Å²) in [6.45, 7) is -0.376. The van der Waals surface area contributed by atoms with Crippen LogP contribution in [-0.2, 0) is 14.3 Å². The van der Waals surface area contributed by atoms with Gasteiger partial charge < -0.3 is 35.6 Å². The minimum atomic E-state index is -1.75. The number of ketones is 1. The first-order valence-corrected chi connectivity index (χ1v) is 6.05. The third-order valence-electron chi connectivity index (χ3n) is 3.08. The number of hydrogen-bond donors (Lipinski definition) is 6. The molecule has 0 radical (unpaired) electrons. The summed E-state index contributed by atoms with van der Waals surface area (Å²) in [6, 6.07) is -1.29. The molecule has 1 amide bonds. The Hall–Kier alpha value is -1.10. The molecule has 1 fully saturated rings. The lowest BCUT2D eigenvalue weighted by Crippen LogP contribution is -2.67. The second kappa shape index (κ2) is 7.07. The highest BCUT2D eigenvalue weighted by Crippen LogP contribution is 2.22. The van der Waals surface area contributed by atoms with Crippen LogP contribution in [0.3, 0.4) is 0 Å². The van der Waals surface area contributed by atoms with Gasteiger partial charge in [0.1, 0.15) is 30.5 Å². The summed E-state index contributed by atoms with van der Waals surface area (Å²) in [5.41, 5.74) is 0. The zero-order valence-corrected chi connectivity index (χ0v) is 10.8. The Kier molecular flexibility index (Phi) is 5.99. The number of ether oxygens (including phenoxy) is 1. The molecule has 0 saturated carbocycles. The molecular weight excluding hydrogens is 274 g/mol. The number of nitrogens with one attached hydrogen (secondary N) is 1. The molecule has 0 aromatic rings. The van der Waals surface area contributed by atoms with Crippen molar-refractivity contribution < 1.29 is 39.9 Å². The van der Waals surface area contributed by atoms with Gasteiger partial charge in [0.25, 0.3) is 0 Å². The van der Waals surface area contributed by atoms with Gasteiger partial charge in [-0.15, -0.1) is 0 Å². The molecule has 0 aromatic heterocycles. The maximum Gasteiger partial charge on any atom is 0.217 e. The zero-order chi connectivity index (χ0) is 15.4. The fourth-order valence-corrected chi connectivity index (χ4v) is 2.04. The van der Waals surface area contributed by atoms with Gasteiger partial charge in [0, 0.05) is 6.92 Å². The first kappa shape index (κ1) is 17.0. The molecule has 0 aromatic carbocycles. The monoisotopic (exact) mass is 293 g/mol. The van der Waals surface area contributed by atoms with Crippen LogP contribution in [0.4, 0.5) is 0 Å².